The molecule has 0 radical (unpaired) electrons. The molecule has 1 unspecified atom stereocenters. The van der Waals surface area contributed by atoms with E-state index in [4.69, 9.17) is 4.74 Å². The van der Waals surface area contributed by atoms with Crippen molar-refractivity contribution in [1.82, 2.24) is 10.0 Å². The third-order valence-corrected chi connectivity index (χ3v) is 4.51. The lowest BCUT2D eigenvalue weighted by Gasteiger charge is -2.10. The second-order valence-corrected chi connectivity index (χ2v) is 7.12. The molecule has 1 fully saturated rings. The first-order valence-electron chi connectivity index (χ1n) is 6.78. The van der Waals surface area contributed by atoms with Gasteiger partial charge in [-0.2, -0.15) is 0 Å². The minimum atomic E-state index is -3.10. The van der Waals surface area contributed by atoms with Crippen LogP contribution >= 0.6 is 0 Å². The quantitative estimate of drug-likeness (QED) is 0.610. The molecule has 1 atom stereocenters. The van der Waals surface area contributed by atoms with Crippen molar-refractivity contribution in [2.45, 2.75) is 39.2 Å². The molecule has 0 saturated carbocycles. The van der Waals surface area contributed by atoms with Gasteiger partial charge in [0.15, 0.2) is 0 Å². The standard InChI is InChI=1S/C12H26N2O3S/c1-11(2)13-6-3-9-18(15,16)14-7-4-12-5-8-17-10-12/h11-14H,3-10H2,1-2H3. The molecule has 0 bridgehead atoms. The van der Waals surface area contributed by atoms with Gasteiger partial charge < -0.3 is 10.1 Å². The van der Waals surface area contributed by atoms with E-state index in [1.807, 2.05) is 0 Å². The molecule has 6 heteroatoms. The van der Waals surface area contributed by atoms with Crippen molar-refractivity contribution < 1.29 is 13.2 Å². The van der Waals surface area contributed by atoms with Crippen LogP contribution < -0.4 is 10.0 Å². The van der Waals surface area contributed by atoms with Crippen LogP contribution in [0.3, 0.4) is 0 Å². The molecule has 1 aliphatic rings. The van der Waals surface area contributed by atoms with Crippen LogP contribution in [0.15, 0.2) is 0 Å². The van der Waals surface area contributed by atoms with Gasteiger partial charge in [-0.05, 0) is 31.7 Å². The molecule has 1 heterocycles. The van der Waals surface area contributed by atoms with Crippen molar-refractivity contribution in [1.29, 1.82) is 0 Å². The van der Waals surface area contributed by atoms with E-state index in [0.717, 1.165) is 32.6 Å². The van der Waals surface area contributed by atoms with Gasteiger partial charge in [0, 0.05) is 25.8 Å². The predicted molar refractivity (Wildman–Crippen MR) is 73.1 cm³/mol. The Morgan fingerprint density at radius 3 is 2.72 bits per heavy atom. The van der Waals surface area contributed by atoms with Crippen molar-refractivity contribution in [3.63, 3.8) is 0 Å². The van der Waals surface area contributed by atoms with E-state index in [1.54, 1.807) is 0 Å². The largest absolute Gasteiger partial charge is 0.381 e. The first kappa shape index (κ1) is 15.9. The van der Waals surface area contributed by atoms with E-state index in [2.05, 4.69) is 23.9 Å². The SMILES string of the molecule is CC(C)NCCCS(=O)(=O)NCCC1CCOC1. The highest BCUT2D eigenvalue weighted by molar-refractivity contribution is 7.89. The summed E-state index contributed by atoms with van der Waals surface area (Å²) in [7, 11) is -3.10. The molecule has 1 rings (SSSR count). The van der Waals surface area contributed by atoms with Crippen LogP contribution in [0.2, 0.25) is 0 Å². The Bertz CT molecular complexity index is 311. The van der Waals surface area contributed by atoms with Crippen LogP contribution in [0.4, 0.5) is 0 Å². The molecule has 1 saturated heterocycles. The molecule has 5 nitrogen and oxygen atoms in total. The van der Waals surface area contributed by atoms with Gasteiger partial charge in [0.2, 0.25) is 10.0 Å². The maximum atomic E-state index is 11.7. The fourth-order valence-electron chi connectivity index (χ4n) is 1.95. The third kappa shape index (κ3) is 7.31. The molecule has 1 aliphatic heterocycles. The Kier molecular flexibility index (Phi) is 7.14. The summed E-state index contributed by atoms with van der Waals surface area (Å²) in [6, 6.07) is 0.406. The number of hydrogen-bond donors (Lipinski definition) is 2. The Morgan fingerprint density at radius 1 is 1.33 bits per heavy atom. The number of hydrogen-bond acceptors (Lipinski definition) is 4. The summed E-state index contributed by atoms with van der Waals surface area (Å²) in [6.45, 7) is 6.98. The second-order valence-electron chi connectivity index (χ2n) is 5.19. The fourth-order valence-corrected chi connectivity index (χ4v) is 3.05. The minimum absolute atomic E-state index is 0.202. The highest BCUT2D eigenvalue weighted by Crippen LogP contribution is 2.15. The van der Waals surface area contributed by atoms with Crippen molar-refractivity contribution in [3.8, 4) is 0 Å². The third-order valence-electron chi connectivity index (χ3n) is 3.04. The Labute approximate surface area is 111 Å². The van der Waals surface area contributed by atoms with Gasteiger partial charge in [0.1, 0.15) is 0 Å². The number of nitrogens with one attached hydrogen (secondary N) is 2. The Balaban J connectivity index is 2.07. The molecule has 0 aliphatic carbocycles. The van der Waals surface area contributed by atoms with Crippen LogP contribution in [0, 0.1) is 5.92 Å². The summed E-state index contributed by atoms with van der Waals surface area (Å²) in [4.78, 5) is 0. The summed E-state index contributed by atoms with van der Waals surface area (Å²) < 4.78 is 31.3. The molecule has 18 heavy (non-hydrogen) atoms. The maximum absolute atomic E-state index is 11.7. The van der Waals surface area contributed by atoms with Crippen LogP contribution in [0.1, 0.15) is 33.1 Å². The van der Waals surface area contributed by atoms with Gasteiger partial charge in [-0.3, -0.25) is 0 Å². The highest BCUT2D eigenvalue weighted by atomic mass is 32.2. The average molecular weight is 278 g/mol. The van der Waals surface area contributed by atoms with E-state index in [-0.39, 0.29) is 5.75 Å². The van der Waals surface area contributed by atoms with Crippen LogP contribution in [0.5, 0.6) is 0 Å². The molecule has 0 amide bonds. The van der Waals surface area contributed by atoms with Crippen molar-refractivity contribution in [2.24, 2.45) is 5.92 Å². The van der Waals surface area contributed by atoms with Crippen molar-refractivity contribution in [3.05, 3.63) is 0 Å². The summed E-state index contributed by atoms with van der Waals surface area (Å²) >= 11 is 0. The summed E-state index contributed by atoms with van der Waals surface area (Å²) in [5.41, 5.74) is 0. The lowest BCUT2D eigenvalue weighted by molar-refractivity contribution is 0.184. The molecular formula is C12H26N2O3S. The zero-order chi connectivity index (χ0) is 13.4. The highest BCUT2D eigenvalue weighted by Gasteiger charge is 2.16. The second kappa shape index (κ2) is 8.09. The minimum Gasteiger partial charge on any atom is -0.381 e. The summed E-state index contributed by atoms with van der Waals surface area (Å²) in [6.07, 6.45) is 2.59. The lowest BCUT2D eigenvalue weighted by atomic mass is 10.1. The Morgan fingerprint density at radius 2 is 2.11 bits per heavy atom. The number of sulfonamides is 1. The molecule has 0 spiro atoms. The molecule has 108 valence electrons. The van der Waals surface area contributed by atoms with E-state index < -0.39 is 10.0 Å². The fraction of sp³-hybridized carbons (Fsp3) is 1.00. The normalized spacial score (nSPS) is 20.7. The van der Waals surface area contributed by atoms with E-state index in [1.165, 1.54) is 0 Å². The summed E-state index contributed by atoms with van der Waals surface area (Å²) in [5.74, 6) is 0.726. The van der Waals surface area contributed by atoms with Crippen LogP contribution in [-0.4, -0.2) is 46.5 Å². The molecular weight excluding hydrogens is 252 g/mol. The van der Waals surface area contributed by atoms with Gasteiger partial charge >= 0.3 is 0 Å². The molecule has 2 N–H and O–H groups in total. The summed E-state index contributed by atoms with van der Waals surface area (Å²) in [5, 5.41) is 3.21. The zero-order valence-corrected chi connectivity index (χ0v) is 12.3. The number of ether oxygens (including phenoxy) is 1. The monoisotopic (exact) mass is 278 g/mol. The van der Waals surface area contributed by atoms with Crippen molar-refractivity contribution in [2.75, 3.05) is 32.1 Å². The van der Waals surface area contributed by atoms with E-state index in [0.29, 0.717) is 24.9 Å². The van der Waals surface area contributed by atoms with Gasteiger partial charge in [-0.15, -0.1) is 0 Å². The van der Waals surface area contributed by atoms with Crippen LogP contribution in [0.25, 0.3) is 0 Å². The van der Waals surface area contributed by atoms with Gasteiger partial charge in [0.05, 0.1) is 5.75 Å². The van der Waals surface area contributed by atoms with Crippen molar-refractivity contribution >= 4 is 10.0 Å². The Hall–Kier alpha value is -0.170. The zero-order valence-electron chi connectivity index (χ0n) is 11.4. The van der Waals surface area contributed by atoms with E-state index >= 15 is 0 Å². The van der Waals surface area contributed by atoms with Gasteiger partial charge in [0.25, 0.3) is 0 Å². The molecule has 0 aromatic heterocycles. The lowest BCUT2D eigenvalue weighted by Crippen LogP contribution is -2.31. The first-order chi connectivity index (χ1) is 8.49. The van der Waals surface area contributed by atoms with E-state index in [9.17, 15) is 8.42 Å². The first-order valence-corrected chi connectivity index (χ1v) is 8.43. The number of rotatable bonds is 9. The molecule has 0 aromatic rings. The van der Waals surface area contributed by atoms with Gasteiger partial charge in [-0.1, -0.05) is 13.8 Å². The molecule has 0 aromatic carbocycles. The topological polar surface area (TPSA) is 67.4 Å². The maximum Gasteiger partial charge on any atom is 0.211 e. The van der Waals surface area contributed by atoms with Gasteiger partial charge in [-0.25, -0.2) is 13.1 Å². The predicted octanol–water partition coefficient (Wildman–Crippen LogP) is 0.721. The van der Waals surface area contributed by atoms with Crippen LogP contribution in [-0.2, 0) is 14.8 Å². The average Bonchev–Trinajstić information content (AvgIpc) is 2.77. The smallest absolute Gasteiger partial charge is 0.211 e.